The van der Waals surface area contributed by atoms with Gasteiger partial charge in [0.1, 0.15) is 42.8 Å². The normalized spacial score (nSPS) is 30.3. The fraction of sp³-hybridized carbons (Fsp3) is 0.579. The van der Waals surface area contributed by atoms with Crippen molar-refractivity contribution >= 4 is 17.3 Å². The van der Waals surface area contributed by atoms with Crippen LogP contribution < -0.4 is 5.73 Å². The zero-order valence-electron chi connectivity index (χ0n) is 15.8. The molecule has 0 unspecified atom stereocenters. The summed E-state index contributed by atoms with van der Waals surface area (Å²) in [5.41, 5.74) is 4.85. The van der Waals surface area contributed by atoms with Crippen molar-refractivity contribution in [2.45, 2.75) is 56.0 Å². The lowest BCUT2D eigenvalue weighted by atomic mass is 9.89. The summed E-state index contributed by atoms with van der Waals surface area (Å²) < 4.78 is 12.6. The van der Waals surface area contributed by atoms with Crippen LogP contribution in [0.25, 0.3) is 5.52 Å². The van der Waals surface area contributed by atoms with Crippen molar-refractivity contribution in [3.8, 4) is 6.07 Å². The molecule has 0 aromatic carbocycles. The number of aromatic nitrogens is 3. The van der Waals surface area contributed by atoms with Gasteiger partial charge in [-0.2, -0.15) is 10.4 Å². The van der Waals surface area contributed by atoms with Crippen molar-refractivity contribution in [1.82, 2.24) is 14.6 Å². The minimum Gasteiger partial charge on any atom is -0.461 e. The van der Waals surface area contributed by atoms with Crippen molar-refractivity contribution in [3.63, 3.8) is 0 Å². The predicted octanol–water partition coefficient (Wildman–Crippen LogP) is 0.490. The first-order chi connectivity index (χ1) is 14.0. The summed E-state index contributed by atoms with van der Waals surface area (Å²) >= 11 is 0. The lowest BCUT2D eigenvalue weighted by Crippen LogP contribution is -2.46. The molecular formula is C19H23N5O5. The van der Waals surface area contributed by atoms with Crippen LogP contribution in [0.3, 0.4) is 0 Å². The Labute approximate surface area is 166 Å². The molecule has 4 rings (SSSR count). The number of fused-ring (bicyclic) bond motifs is 1. The molecule has 10 heteroatoms. The quantitative estimate of drug-likeness (QED) is 0.620. The average Bonchev–Trinajstić information content (AvgIpc) is 3.28. The first-order valence-corrected chi connectivity index (χ1v) is 9.67. The van der Waals surface area contributed by atoms with Gasteiger partial charge >= 0.3 is 5.97 Å². The van der Waals surface area contributed by atoms with Crippen molar-refractivity contribution in [1.29, 1.82) is 5.26 Å². The van der Waals surface area contributed by atoms with Gasteiger partial charge in [0.15, 0.2) is 5.82 Å². The molecule has 1 aliphatic carbocycles. The number of carbonyl (C=O) groups excluding carboxylic acids is 1. The molecule has 0 bridgehead atoms. The number of aliphatic hydroxyl groups excluding tert-OH is 2. The number of nitrogens with zero attached hydrogens (tertiary/aromatic N) is 4. The third-order valence-electron chi connectivity index (χ3n) is 5.81. The first kappa shape index (κ1) is 19.6. The van der Waals surface area contributed by atoms with Gasteiger partial charge in [-0.3, -0.25) is 4.79 Å². The topological polar surface area (TPSA) is 156 Å². The van der Waals surface area contributed by atoms with Gasteiger partial charge in [-0.1, -0.05) is 19.3 Å². The highest BCUT2D eigenvalue weighted by atomic mass is 16.6. The maximum Gasteiger partial charge on any atom is 0.309 e. The van der Waals surface area contributed by atoms with Crippen LogP contribution in [0, 0.1) is 17.2 Å². The van der Waals surface area contributed by atoms with E-state index >= 15 is 0 Å². The van der Waals surface area contributed by atoms with Crippen LogP contribution >= 0.6 is 0 Å². The maximum absolute atomic E-state index is 12.4. The molecular weight excluding hydrogens is 378 g/mol. The van der Waals surface area contributed by atoms with Gasteiger partial charge in [0, 0.05) is 0 Å². The molecule has 1 saturated heterocycles. The molecule has 0 spiro atoms. The SMILES string of the molecule is N#C[C@]1(COC(=O)C2CCCCC2)O[C@@H](c2ccc3c(N)ncnn23)[C@H](O)[C@@H]1O. The third-order valence-corrected chi connectivity index (χ3v) is 5.81. The van der Waals surface area contributed by atoms with E-state index in [1.807, 2.05) is 6.07 Å². The summed E-state index contributed by atoms with van der Waals surface area (Å²) in [5.74, 6) is -0.359. The summed E-state index contributed by atoms with van der Waals surface area (Å²) in [6, 6.07) is 5.17. The molecule has 2 aliphatic rings. The van der Waals surface area contributed by atoms with E-state index in [1.54, 1.807) is 12.1 Å². The van der Waals surface area contributed by atoms with Gasteiger partial charge in [-0.05, 0) is 25.0 Å². The number of carbonyl (C=O) groups is 1. The second kappa shape index (κ2) is 7.59. The van der Waals surface area contributed by atoms with Gasteiger partial charge in [-0.25, -0.2) is 9.50 Å². The highest BCUT2D eigenvalue weighted by Crippen LogP contribution is 2.41. The molecule has 10 nitrogen and oxygen atoms in total. The van der Waals surface area contributed by atoms with E-state index < -0.39 is 36.5 Å². The molecule has 1 saturated carbocycles. The molecule has 4 atom stereocenters. The molecule has 4 N–H and O–H groups in total. The van der Waals surface area contributed by atoms with E-state index in [0.29, 0.717) is 11.2 Å². The Balaban J connectivity index is 1.55. The largest absolute Gasteiger partial charge is 0.461 e. The maximum atomic E-state index is 12.4. The van der Waals surface area contributed by atoms with Crippen molar-refractivity contribution < 1.29 is 24.5 Å². The van der Waals surface area contributed by atoms with Crippen molar-refractivity contribution in [3.05, 3.63) is 24.2 Å². The predicted molar refractivity (Wildman–Crippen MR) is 99.1 cm³/mol. The van der Waals surface area contributed by atoms with E-state index in [0.717, 1.165) is 32.1 Å². The highest BCUT2D eigenvalue weighted by Gasteiger charge is 2.57. The van der Waals surface area contributed by atoms with Crippen LogP contribution in [0.1, 0.15) is 43.9 Å². The Hall–Kier alpha value is -2.74. The van der Waals surface area contributed by atoms with E-state index in [-0.39, 0.29) is 11.7 Å². The Bertz CT molecular complexity index is 950. The lowest BCUT2D eigenvalue weighted by Gasteiger charge is -2.26. The first-order valence-electron chi connectivity index (χ1n) is 9.67. The van der Waals surface area contributed by atoms with E-state index in [4.69, 9.17) is 15.2 Å². The van der Waals surface area contributed by atoms with Gasteiger partial charge in [0.2, 0.25) is 5.60 Å². The van der Waals surface area contributed by atoms with Crippen LogP contribution in [0.15, 0.2) is 18.5 Å². The van der Waals surface area contributed by atoms with Crippen LogP contribution in [-0.4, -0.2) is 55.2 Å². The summed E-state index contributed by atoms with van der Waals surface area (Å²) in [4.78, 5) is 16.3. The summed E-state index contributed by atoms with van der Waals surface area (Å²) in [6.45, 7) is -0.464. The number of hydrogen-bond acceptors (Lipinski definition) is 9. The van der Waals surface area contributed by atoms with E-state index in [9.17, 15) is 20.3 Å². The van der Waals surface area contributed by atoms with Crippen LogP contribution in [-0.2, 0) is 14.3 Å². The Morgan fingerprint density at radius 2 is 2.14 bits per heavy atom. The van der Waals surface area contributed by atoms with Gasteiger partial charge in [0.25, 0.3) is 0 Å². The number of nitrogen functional groups attached to an aromatic ring is 1. The minimum atomic E-state index is -1.88. The number of rotatable bonds is 4. The number of aliphatic hydroxyl groups is 2. The average molecular weight is 401 g/mol. The standard InChI is InChI=1S/C19H23N5O5/c20-8-19(9-28-18(27)11-4-2-1-3-5-11)16(26)14(25)15(29-19)12-6-7-13-17(21)22-10-23-24(12)13/h6-7,10-11,14-16,25-26H,1-5,9H2,(H2,21,22,23)/t14-,15-,16-,19+/m0/s1. The smallest absolute Gasteiger partial charge is 0.309 e. The van der Waals surface area contributed by atoms with Gasteiger partial charge in [0.05, 0.1) is 11.6 Å². The zero-order valence-corrected chi connectivity index (χ0v) is 15.8. The minimum absolute atomic E-state index is 0.201. The molecule has 2 aromatic heterocycles. The second-order valence-electron chi connectivity index (χ2n) is 7.62. The van der Waals surface area contributed by atoms with Gasteiger partial charge in [-0.15, -0.1) is 0 Å². The molecule has 29 heavy (non-hydrogen) atoms. The van der Waals surface area contributed by atoms with Gasteiger partial charge < -0.3 is 25.4 Å². The molecule has 2 fully saturated rings. The fourth-order valence-electron chi connectivity index (χ4n) is 4.11. The van der Waals surface area contributed by atoms with E-state index in [2.05, 4.69) is 10.1 Å². The van der Waals surface area contributed by atoms with Crippen LogP contribution in [0.5, 0.6) is 0 Å². The number of nitrogens with two attached hydrogens (primary N) is 1. The zero-order chi connectivity index (χ0) is 20.6. The van der Waals surface area contributed by atoms with Crippen LogP contribution in [0.4, 0.5) is 5.82 Å². The van der Waals surface area contributed by atoms with E-state index in [1.165, 1.54) is 10.8 Å². The third kappa shape index (κ3) is 3.31. The number of ether oxygens (including phenoxy) is 2. The van der Waals surface area contributed by atoms with Crippen LogP contribution in [0.2, 0.25) is 0 Å². The molecule has 3 heterocycles. The molecule has 1 aliphatic heterocycles. The molecule has 2 aromatic rings. The fourth-order valence-corrected chi connectivity index (χ4v) is 4.11. The summed E-state index contributed by atoms with van der Waals surface area (Å²) in [6.07, 6.45) is 1.75. The van der Waals surface area contributed by atoms with Crippen molar-refractivity contribution in [2.75, 3.05) is 12.3 Å². The lowest BCUT2D eigenvalue weighted by molar-refractivity contribution is -0.160. The monoisotopic (exact) mass is 401 g/mol. The number of nitriles is 1. The molecule has 154 valence electrons. The number of anilines is 1. The number of hydrogen-bond donors (Lipinski definition) is 3. The Morgan fingerprint density at radius 1 is 1.38 bits per heavy atom. The van der Waals surface area contributed by atoms with Crippen molar-refractivity contribution in [2.24, 2.45) is 5.92 Å². The summed E-state index contributed by atoms with van der Waals surface area (Å²) in [5, 5.41) is 35.0. The second-order valence-corrected chi connectivity index (χ2v) is 7.62. The molecule has 0 amide bonds. The molecule has 0 radical (unpaired) electrons. The Morgan fingerprint density at radius 3 is 2.86 bits per heavy atom. The highest BCUT2D eigenvalue weighted by molar-refractivity contribution is 5.72. The summed E-state index contributed by atoms with van der Waals surface area (Å²) in [7, 11) is 0. The number of esters is 1. The Kier molecular flexibility index (Phi) is 5.12.